The molecule has 0 radical (unpaired) electrons. The number of ether oxygens (including phenoxy) is 1. The number of benzene rings is 1. The van der Waals surface area contributed by atoms with Crippen LogP contribution in [0.4, 0.5) is 4.39 Å². The van der Waals surface area contributed by atoms with Crippen molar-refractivity contribution in [3.63, 3.8) is 0 Å². The van der Waals surface area contributed by atoms with E-state index in [1.807, 2.05) is 0 Å². The van der Waals surface area contributed by atoms with Gasteiger partial charge in [0.25, 0.3) is 5.91 Å². The van der Waals surface area contributed by atoms with E-state index in [2.05, 4.69) is 11.2 Å². The molecule has 1 aromatic carbocycles. The largest absolute Gasteiger partial charge is 0.481 e. The molecule has 5 heteroatoms. The van der Waals surface area contributed by atoms with Crippen molar-refractivity contribution in [2.45, 2.75) is 26.1 Å². The van der Waals surface area contributed by atoms with E-state index in [-0.39, 0.29) is 23.8 Å². The number of carbonyl (C=O) groups excluding carboxylic acids is 1. The summed E-state index contributed by atoms with van der Waals surface area (Å²) in [4.78, 5) is 11.6. The third kappa shape index (κ3) is 4.27. The highest BCUT2D eigenvalue weighted by Crippen LogP contribution is 2.26. The topological polar surface area (TPSA) is 58.6 Å². The smallest absolute Gasteiger partial charge is 0.261 e. The van der Waals surface area contributed by atoms with Gasteiger partial charge in [-0.05, 0) is 32.0 Å². The Hall–Kier alpha value is -2.06. The number of carbonyl (C=O) groups is 1. The van der Waals surface area contributed by atoms with Gasteiger partial charge in [0.1, 0.15) is 11.6 Å². The first kappa shape index (κ1) is 15.0. The van der Waals surface area contributed by atoms with Crippen LogP contribution in [0.5, 0.6) is 5.75 Å². The third-order valence-electron chi connectivity index (χ3n) is 2.46. The molecule has 4 nitrogen and oxygen atoms in total. The first-order valence-corrected chi connectivity index (χ1v) is 5.81. The standard InChI is InChI=1S/C14H16FNO3/c1-4-7-16-14(18)10(3)19-13-6-5-11(15)8-12(13)9(2)17/h1,5-6,8-10,17H,7H2,2-3H3,(H,16,18)/t9-,10?/m1/s1. The summed E-state index contributed by atoms with van der Waals surface area (Å²) in [5, 5.41) is 12.0. The Bertz CT molecular complexity index is 494. The fourth-order valence-corrected chi connectivity index (χ4v) is 1.48. The Morgan fingerprint density at radius 1 is 1.58 bits per heavy atom. The summed E-state index contributed by atoms with van der Waals surface area (Å²) in [6.07, 6.45) is 3.34. The summed E-state index contributed by atoms with van der Waals surface area (Å²) in [6, 6.07) is 3.75. The van der Waals surface area contributed by atoms with Gasteiger partial charge in [-0.1, -0.05) is 5.92 Å². The molecule has 0 saturated heterocycles. The van der Waals surface area contributed by atoms with E-state index in [1.54, 1.807) is 6.92 Å². The maximum atomic E-state index is 13.1. The minimum Gasteiger partial charge on any atom is -0.481 e. The molecule has 1 aromatic rings. The van der Waals surface area contributed by atoms with Crippen molar-refractivity contribution in [2.75, 3.05) is 6.54 Å². The van der Waals surface area contributed by atoms with Crippen LogP contribution in [0.15, 0.2) is 18.2 Å². The fraction of sp³-hybridized carbons (Fsp3) is 0.357. The van der Waals surface area contributed by atoms with Gasteiger partial charge in [-0.3, -0.25) is 4.79 Å². The monoisotopic (exact) mass is 265 g/mol. The zero-order valence-corrected chi connectivity index (χ0v) is 10.8. The fourth-order valence-electron chi connectivity index (χ4n) is 1.48. The molecule has 0 heterocycles. The van der Waals surface area contributed by atoms with Crippen molar-refractivity contribution in [1.29, 1.82) is 0 Å². The second kappa shape index (κ2) is 6.76. The summed E-state index contributed by atoms with van der Waals surface area (Å²) in [6.45, 7) is 3.14. The van der Waals surface area contributed by atoms with Crippen molar-refractivity contribution in [3.05, 3.63) is 29.6 Å². The van der Waals surface area contributed by atoms with Crippen LogP contribution in [0, 0.1) is 18.2 Å². The Morgan fingerprint density at radius 2 is 2.26 bits per heavy atom. The van der Waals surface area contributed by atoms with E-state index in [0.29, 0.717) is 0 Å². The Labute approximate surface area is 111 Å². The second-order valence-electron chi connectivity index (χ2n) is 4.04. The van der Waals surface area contributed by atoms with Gasteiger partial charge in [-0.15, -0.1) is 6.42 Å². The molecule has 2 atom stereocenters. The zero-order valence-electron chi connectivity index (χ0n) is 10.8. The predicted octanol–water partition coefficient (Wildman–Crippen LogP) is 1.40. The van der Waals surface area contributed by atoms with Crippen LogP contribution in [-0.4, -0.2) is 23.7 Å². The highest BCUT2D eigenvalue weighted by Gasteiger charge is 2.17. The van der Waals surface area contributed by atoms with Crippen LogP contribution in [0.3, 0.4) is 0 Å². The van der Waals surface area contributed by atoms with E-state index in [1.165, 1.54) is 25.1 Å². The molecule has 0 aromatic heterocycles. The number of terminal acetylenes is 1. The average molecular weight is 265 g/mol. The molecule has 0 saturated carbocycles. The van der Waals surface area contributed by atoms with Crippen LogP contribution >= 0.6 is 0 Å². The number of aliphatic hydroxyl groups is 1. The number of amides is 1. The van der Waals surface area contributed by atoms with Gasteiger partial charge >= 0.3 is 0 Å². The molecule has 1 unspecified atom stereocenters. The lowest BCUT2D eigenvalue weighted by molar-refractivity contribution is -0.127. The van der Waals surface area contributed by atoms with Gasteiger partial charge in [0.2, 0.25) is 0 Å². The Balaban J connectivity index is 2.82. The summed E-state index contributed by atoms with van der Waals surface area (Å²) < 4.78 is 18.5. The molecular formula is C14H16FNO3. The van der Waals surface area contributed by atoms with Crippen LogP contribution in [0.25, 0.3) is 0 Å². The van der Waals surface area contributed by atoms with Gasteiger partial charge in [0.05, 0.1) is 12.6 Å². The highest BCUT2D eigenvalue weighted by atomic mass is 19.1. The SMILES string of the molecule is C#CCNC(=O)C(C)Oc1ccc(F)cc1[C@@H](C)O. The molecule has 0 aliphatic rings. The van der Waals surface area contributed by atoms with Crippen LogP contribution in [0.1, 0.15) is 25.5 Å². The number of hydrogen-bond acceptors (Lipinski definition) is 3. The quantitative estimate of drug-likeness (QED) is 0.791. The van der Waals surface area contributed by atoms with Gasteiger partial charge in [-0.25, -0.2) is 4.39 Å². The minimum atomic E-state index is -0.897. The van der Waals surface area contributed by atoms with E-state index in [9.17, 15) is 14.3 Å². The normalized spacial score (nSPS) is 13.2. The predicted molar refractivity (Wildman–Crippen MR) is 69.0 cm³/mol. The summed E-state index contributed by atoms with van der Waals surface area (Å²) >= 11 is 0. The number of halogens is 1. The second-order valence-corrected chi connectivity index (χ2v) is 4.04. The first-order chi connectivity index (χ1) is 8.95. The van der Waals surface area contributed by atoms with Gasteiger partial charge in [-0.2, -0.15) is 0 Å². The van der Waals surface area contributed by atoms with Crippen LogP contribution < -0.4 is 10.1 Å². The highest BCUT2D eigenvalue weighted by molar-refractivity contribution is 5.80. The molecule has 102 valence electrons. The minimum absolute atomic E-state index is 0.110. The lowest BCUT2D eigenvalue weighted by Crippen LogP contribution is -2.36. The van der Waals surface area contributed by atoms with Gasteiger partial charge < -0.3 is 15.2 Å². The van der Waals surface area contributed by atoms with Gasteiger partial charge in [0.15, 0.2) is 6.10 Å². The lowest BCUT2D eigenvalue weighted by atomic mass is 10.1. The van der Waals surface area contributed by atoms with E-state index < -0.39 is 18.0 Å². The van der Waals surface area contributed by atoms with Gasteiger partial charge in [0, 0.05) is 5.56 Å². The molecule has 0 bridgehead atoms. The van der Waals surface area contributed by atoms with Crippen LogP contribution in [-0.2, 0) is 4.79 Å². The molecule has 1 amide bonds. The number of hydrogen-bond donors (Lipinski definition) is 2. The number of rotatable bonds is 5. The average Bonchev–Trinajstić information content (AvgIpc) is 2.37. The van der Waals surface area contributed by atoms with E-state index >= 15 is 0 Å². The van der Waals surface area contributed by atoms with E-state index in [4.69, 9.17) is 11.2 Å². The Morgan fingerprint density at radius 3 is 2.84 bits per heavy atom. The maximum absolute atomic E-state index is 13.1. The molecule has 2 N–H and O–H groups in total. The summed E-state index contributed by atoms with van der Waals surface area (Å²) in [7, 11) is 0. The number of aliphatic hydroxyl groups excluding tert-OH is 1. The van der Waals surface area contributed by atoms with Crippen molar-refractivity contribution >= 4 is 5.91 Å². The van der Waals surface area contributed by atoms with Crippen molar-refractivity contribution in [1.82, 2.24) is 5.32 Å². The van der Waals surface area contributed by atoms with Crippen molar-refractivity contribution in [3.8, 4) is 18.1 Å². The summed E-state index contributed by atoms with van der Waals surface area (Å²) in [5.74, 6) is 1.69. The zero-order chi connectivity index (χ0) is 14.4. The summed E-state index contributed by atoms with van der Waals surface area (Å²) in [5.41, 5.74) is 0.289. The molecule has 19 heavy (non-hydrogen) atoms. The Kier molecular flexibility index (Phi) is 5.34. The van der Waals surface area contributed by atoms with Crippen molar-refractivity contribution in [2.24, 2.45) is 0 Å². The number of nitrogens with one attached hydrogen (secondary N) is 1. The molecule has 0 spiro atoms. The molecule has 0 fully saturated rings. The molecular weight excluding hydrogens is 249 g/mol. The lowest BCUT2D eigenvalue weighted by Gasteiger charge is -2.18. The van der Waals surface area contributed by atoms with E-state index in [0.717, 1.165) is 0 Å². The van der Waals surface area contributed by atoms with Crippen LogP contribution in [0.2, 0.25) is 0 Å². The maximum Gasteiger partial charge on any atom is 0.261 e. The molecule has 0 aliphatic heterocycles. The molecule has 1 rings (SSSR count). The first-order valence-electron chi connectivity index (χ1n) is 5.81. The third-order valence-corrected chi connectivity index (χ3v) is 2.46. The molecule has 0 aliphatic carbocycles. The van der Waals surface area contributed by atoms with Crippen molar-refractivity contribution < 1.29 is 19.0 Å².